The SMILES string of the molecule is O=C(O)NCCCNC(=O)c1ccc(C(F)F)cc1. The monoisotopic (exact) mass is 272 g/mol. The Bertz CT molecular complexity index is 435. The molecule has 0 spiro atoms. The van der Waals surface area contributed by atoms with Crippen LogP contribution in [0.5, 0.6) is 0 Å². The van der Waals surface area contributed by atoms with E-state index in [0.29, 0.717) is 13.0 Å². The molecular formula is C12H14F2N2O3. The number of halogens is 2. The van der Waals surface area contributed by atoms with Gasteiger partial charge in [0.15, 0.2) is 0 Å². The summed E-state index contributed by atoms with van der Waals surface area (Å²) in [6.07, 6.45) is -3.22. The number of nitrogens with one attached hydrogen (secondary N) is 2. The molecule has 1 aromatic carbocycles. The minimum atomic E-state index is -2.56. The molecule has 0 bridgehead atoms. The van der Waals surface area contributed by atoms with Crippen LogP contribution in [-0.2, 0) is 0 Å². The quantitative estimate of drug-likeness (QED) is 0.693. The summed E-state index contributed by atoms with van der Waals surface area (Å²) in [7, 11) is 0. The van der Waals surface area contributed by atoms with Crippen molar-refractivity contribution in [3.8, 4) is 0 Å². The number of carboxylic acid groups (broad SMARTS) is 1. The molecule has 2 amide bonds. The number of hydrogen-bond acceptors (Lipinski definition) is 2. The maximum Gasteiger partial charge on any atom is 0.404 e. The van der Waals surface area contributed by atoms with Crippen LogP contribution in [0, 0.1) is 0 Å². The van der Waals surface area contributed by atoms with Gasteiger partial charge in [-0.1, -0.05) is 12.1 Å². The molecule has 0 fully saturated rings. The zero-order valence-electron chi connectivity index (χ0n) is 10.0. The van der Waals surface area contributed by atoms with Crippen molar-refractivity contribution in [3.05, 3.63) is 35.4 Å². The van der Waals surface area contributed by atoms with E-state index in [1.54, 1.807) is 0 Å². The Kier molecular flexibility index (Phi) is 5.72. The molecule has 0 radical (unpaired) electrons. The van der Waals surface area contributed by atoms with Crippen LogP contribution < -0.4 is 10.6 Å². The van der Waals surface area contributed by atoms with Crippen LogP contribution in [0.15, 0.2) is 24.3 Å². The molecule has 7 heteroatoms. The third-order valence-corrected chi connectivity index (χ3v) is 2.34. The molecule has 0 aliphatic rings. The number of carbonyl (C=O) groups is 2. The van der Waals surface area contributed by atoms with Gasteiger partial charge in [0, 0.05) is 24.2 Å². The summed E-state index contributed by atoms with van der Waals surface area (Å²) in [5.41, 5.74) is 0.151. The van der Waals surface area contributed by atoms with Gasteiger partial charge in [-0.15, -0.1) is 0 Å². The largest absolute Gasteiger partial charge is 0.465 e. The Morgan fingerprint density at radius 3 is 2.21 bits per heavy atom. The van der Waals surface area contributed by atoms with E-state index in [1.807, 2.05) is 0 Å². The standard InChI is InChI=1S/C12H14F2N2O3/c13-10(14)8-2-4-9(5-3-8)11(17)15-6-1-7-16-12(18)19/h2-5,10,16H,1,6-7H2,(H,15,17)(H,18,19). The molecule has 5 nitrogen and oxygen atoms in total. The van der Waals surface area contributed by atoms with Gasteiger partial charge in [0.2, 0.25) is 0 Å². The van der Waals surface area contributed by atoms with Crippen molar-refractivity contribution >= 4 is 12.0 Å². The Morgan fingerprint density at radius 2 is 1.68 bits per heavy atom. The van der Waals surface area contributed by atoms with E-state index in [9.17, 15) is 18.4 Å². The molecule has 0 heterocycles. The van der Waals surface area contributed by atoms with Gasteiger partial charge < -0.3 is 15.7 Å². The molecular weight excluding hydrogens is 258 g/mol. The van der Waals surface area contributed by atoms with Crippen molar-refractivity contribution in [3.63, 3.8) is 0 Å². The normalized spacial score (nSPS) is 10.3. The molecule has 104 valence electrons. The van der Waals surface area contributed by atoms with Crippen molar-refractivity contribution in [2.24, 2.45) is 0 Å². The van der Waals surface area contributed by atoms with Gasteiger partial charge >= 0.3 is 6.09 Å². The predicted octanol–water partition coefficient (Wildman–Crippen LogP) is 2.01. The molecule has 19 heavy (non-hydrogen) atoms. The minimum Gasteiger partial charge on any atom is -0.465 e. The highest BCUT2D eigenvalue weighted by molar-refractivity contribution is 5.94. The molecule has 0 saturated carbocycles. The van der Waals surface area contributed by atoms with Crippen LogP contribution in [0.3, 0.4) is 0 Å². The number of carbonyl (C=O) groups excluding carboxylic acids is 1. The van der Waals surface area contributed by atoms with Crippen LogP contribution in [0.2, 0.25) is 0 Å². The summed E-state index contributed by atoms with van der Waals surface area (Å²) in [5, 5.41) is 13.0. The number of benzene rings is 1. The fourth-order valence-electron chi connectivity index (χ4n) is 1.37. The number of hydrogen-bond donors (Lipinski definition) is 3. The molecule has 0 saturated heterocycles. The van der Waals surface area contributed by atoms with Crippen molar-refractivity contribution < 1.29 is 23.5 Å². The number of amides is 2. The average molecular weight is 272 g/mol. The zero-order valence-corrected chi connectivity index (χ0v) is 10.0. The second kappa shape index (κ2) is 7.30. The van der Waals surface area contributed by atoms with Crippen LogP contribution >= 0.6 is 0 Å². The summed E-state index contributed by atoms with van der Waals surface area (Å²) >= 11 is 0. The first kappa shape index (κ1) is 14.9. The first-order valence-electron chi connectivity index (χ1n) is 5.64. The second-order valence-electron chi connectivity index (χ2n) is 3.76. The van der Waals surface area contributed by atoms with Crippen LogP contribution in [0.25, 0.3) is 0 Å². The van der Waals surface area contributed by atoms with Crippen molar-refractivity contribution in [2.75, 3.05) is 13.1 Å². The first-order valence-corrected chi connectivity index (χ1v) is 5.64. The molecule has 1 rings (SSSR count). The van der Waals surface area contributed by atoms with Crippen molar-refractivity contribution in [2.45, 2.75) is 12.8 Å². The Morgan fingerprint density at radius 1 is 1.11 bits per heavy atom. The Hall–Kier alpha value is -2.18. The van der Waals surface area contributed by atoms with Crippen molar-refractivity contribution in [1.29, 1.82) is 0 Å². The fourth-order valence-corrected chi connectivity index (χ4v) is 1.37. The lowest BCUT2D eigenvalue weighted by Crippen LogP contribution is -2.29. The maximum absolute atomic E-state index is 12.3. The second-order valence-corrected chi connectivity index (χ2v) is 3.76. The average Bonchev–Trinajstić information content (AvgIpc) is 2.37. The van der Waals surface area contributed by atoms with Gasteiger partial charge in [-0.25, -0.2) is 13.6 Å². The van der Waals surface area contributed by atoms with Gasteiger partial charge in [-0.05, 0) is 18.6 Å². The van der Waals surface area contributed by atoms with E-state index in [1.165, 1.54) is 24.3 Å². The maximum atomic E-state index is 12.3. The summed E-state index contributed by atoms with van der Waals surface area (Å²) in [4.78, 5) is 21.7. The minimum absolute atomic E-state index is 0.137. The Balaban J connectivity index is 2.35. The molecule has 0 aromatic heterocycles. The van der Waals surface area contributed by atoms with Crippen LogP contribution in [0.1, 0.15) is 28.8 Å². The summed E-state index contributed by atoms with van der Waals surface area (Å²) in [6.45, 7) is 0.537. The molecule has 1 aromatic rings. The molecule has 0 atom stereocenters. The van der Waals surface area contributed by atoms with Crippen LogP contribution in [-0.4, -0.2) is 30.2 Å². The molecule has 0 unspecified atom stereocenters. The van der Waals surface area contributed by atoms with Crippen molar-refractivity contribution in [1.82, 2.24) is 10.6 Å². The Labute approximate surface area is 108 Å². The van der Waals surface area contributed by atoms with E-state index >= 15 is 0 Å². The summed E-state index contributed by atoms with van der Waals surface area (Å²) < 4.78 is 24.6. The molecule has 0 aliphatic heterocycles. The lowest BCUT2D eigenvalue weighted by molar-refractivity contribution is 0.0953. The number of rotatable bonds is 6. The topological polar surface area (TPSA) is 78.4 Å². The highest BCUT2D eigenvalue weighted by Gasteiger charge is 2.09. The lowest BCUT2D eigenvalue weighted by Gasteiger charge is -2.06. The summed E-state index contributed by atoms with van der Waals surface area (Å²) in [5.74, 6) is -0.379. The van der Waals surface area contributed by atoms with Gasteiger partial charge in [-0.2, -0.15) is 0 Å². The van der Waals surface area contributed by atoms with E-state index in [0.717, 1.165) is 0 Å². The van der Waals surface area contributed by atoms with E-state index in [-0.39, 0.29) is 23.6 Å². The van der Waals surface area contributed by atoms with Gasteiger partial charge in [0.25, 0.3) is 12.3 Å². The highest BCUT2D eigenvalue weighted by Crippen LogP contribution is 2.18. The lowest BCUT2D eigenvalue weighted by atomic mass is 10.1. The van der Waals surface area contributed by atoms with Gasteiger partial charge in [-0.3, -0.25) is 4.79 Å². The fraction of sp³-hybridized carbons (Fsp3) is 0.333. The predicted molar refractivity (Wildman–Crippen MR) is 64.4 cm³/mol. The van der Waals surface area contributed by atoms with Gasteiger partial charge in [0.05, 0.1) is 0 Å². The zero-order chi connectivity index (χ0) is 14.3. The van der Waals surface area contributed by atoms with Crippen LogP contribution in [0.4, 0.5) is 13.6 Å². The number of alkyl halides is 2. The third-order valence-electron chi connectivity index (χ3n) is 2.34. The first-order chi connectivity index (χ1) is 9.00. The highest BCUT2D eigenvalue weighted by atomic mass is 19.3. The summed E-state index contributed by atoms with van der Waals surface area (Å²) in [6, 6.07) is 5.05. The van der Waals surface area contributed by atoms with E-state index in [4.69, 9.17) is 5.11 Å². The van der Waals surface area contributed by atoms with Gasteiger partial charge in [0.1, 0.15) is 0 Å². The smallest absolute Gasteiger partial charge is 0.404 e. The van der Waals surface area contributed by atoms with E-state index in [2.05, 4.69) is 10.6 Å². The van der Waals surface area contributed by atoms with E-state index < -0.39 is 12.5 Å². The molecule has 0 aliphatic carbocycles. The third kappa shape index (κ3) is 5.33. The molecule has 3 N–H and O–H groups in total.